The first-order valence-electron chi connectivity index (χ1n) is 6.07. The van der Waals surface area contributed by atoms with Gasteiger partial charge in [0.2, 0.25) is 5.95 Å². The lowest BCUT2D eigenvalue weighted by atomic mass is 9.91. The molecule has 2 rings (SSSR count). The molecule has 0 unspecified atom stereocenters. The van der Waals surface area contributed by atoms with E-state index in [4.69, 9.17) is 0 Å². The van der Waals surface area contributed by atoms with Crippen LogP contribution in [0.15, 0.2) is 23.6 Å². The molecule has 18 heavy (non-hydrogen) atoms. The maximum Gasteiger partial charge on any atom is 0.223 e. The molecule has 2 heterocycles. The van der Waals surface area contributed by atoms with E-state index in [0.717, 1.165) is 23.9 Å². The van der Waals surface area contributed by atoms with Gasteiger partial charge in [0, 0.05) is 28.2 Å². The number of thiophene rings is 1. The van der Waals surface area contributed by atoms with Crippen LogP contribution in [-0.2, 0) is 5.41 Å². The Morgan fingerprint density at radius 1 is 1.22 bits per heavy atom. The number of aromatic nitrogens is 2. The van der Waals surface area contributed by atoms with Crippen molar-refractivity contribution in [1.82, 2.24) is 9.97 Å². The van der Waals surface area contributed by atoms with Gasteiger partial charge in [-0.15, -0.1) is 11.3 Å². The smallest absolute Gasteiger partial charge is 0.223 e. The molecule has 0 saturated heterocycles. The molecule has 0 atom stereocenters. The van der Waals surface area contributed by atoms with E-state index in [9.17, 15) is 0 Å². The predicted octanol–water partition coefficient (Wildman–Crippen LogP) is 3.54. The SMILES string of the molecule is Cc1cc(C)nc(NCC(C)(C)c2cccs2)n1. The highest BCUT2D eigenvalue weighted by atomic mass is 32.1. The van der Waals surface area contributed by atoms with E-state index in [1.807, 2.05) is 19.9 Å². The van der Waals surface area contributed by atoms with Gasteiger partial charge in [-0.1, -0.05) is 19.9 Å². The highest BCUT2D eigenvalue weighted by molar-refractivity contribution is 7.10. The van der Waals surface area contributed by atoms with Gasteiger partial charge in [0.15, 0.2) is 0 Å². The highest BCUT2D eigenvalue weighted by Gasteiger charge is 2.21. The fourth-order valence-electron chi connectivity index (χ4n) is 1.86. The average molecular weight is 261 g/mol. The van der Waals surface area contributed by atoms with Crippen LogP contribution in [0.3, 0.4) is 0 Å². The highest BCUT2D eigenvalue weighted by Crippen LogP contribution is 2.27. The summed E-state index contributed by atoms with van der Waals surface area (Å²) in [7, 11) is 0. The first-order valence-corrected chi connectivity index (χ1v) is 6.95. The van der Waals surface area contributed by atoms with E-state index in [-0.39, 0.29) is 5.41 Å². The minimum atomic E-state index is 0.0924. The van der Waals surface area contributed by atoms with Gasteiger partial charge in [-0.3, -0.25) is 0 Å². The minimum absolute atomic E-state index is 0.0924. The maximum atomic E-state index is 4.40. The molecule has 2 aromatic heterocycles. The Morgan fingerprint density at radius 2 is 1.89 bits per heavy atom. The van der Waals surface area contributed by atoms with E-state index in [1.54, 1.807) is 11.3 Å². The Morgan fingerprint density at radius 3 is 2.44 bits per heavy atom. The van der Waals surface area contributed by atoms with E-state index in [2.05, 4.69) is 46.6 Å². The van der Waals surface area contributed by atoms with Crippen molar-refractivity contribution in [3.05, 3.63) is 39.8 Å². The summed E-state index contributed by atoms with van der Waals surface area (Å²) in [4.78, 5) is 10.2. The molecule has 0 amide bonds. The molecular formula is C14H19N3S. The normalized spacial score (nSPS) is 11.6. The third-order valence-electron chi connectivity index (χ3n) is 2.86. The quantitative estimate of drug-likeness (QED) is 0.914. The lowest BCUT2D eigenvalue weighted by molar-refractivity contribution is 0.567. The van der Waals surface area contributed by atoms with Crippen molar-refractivity contribution in [3.8, 4) is 0 Å². The summed E-state index contributed by atoms with van der Waals surface area (Å²) in [6.45, 7) is 9.27. The maximum absolute atomic E-state index is 4.40. The first kappa shape index (κ1) is 13.0. The van der Waals surface area contributed by atoms with Gasteiger partial charge < -0.3 is 5.32 Å². The lowest BCUT2D eigenvalue weighted by Crippen LogP contribution is -2.27. The molecule has 3 nitrogen and oxygen atoms in total. The largest absolute Gasteiger partial charge is 0.353 e. The van der Waals surface area contributed by atoms with Gasteiger partial charge in [-0.25, -0.2) is 9.97 Å². The zero-order chi connectivity index (χ0) is 13.2. The first-order chi connectivity index (χ1) is 8.47. The summed E-state index contributed by atoms with van der Waals surface area (Å²) >= 11 is 1.79. The van der Waals surface area contributed by atoms with Crippen LogP contribution in [0, 0.1) is 13.8 Å². The Hall–Kier alpha value is -1.42. The number of hydrogen-bond acceptors (Lipinski definition) is 4. The van der Waals surface area contributed by atoms with Gasteiger partial charge in [-0.05, 0) is 31.4 Å². The lowest BCUT2D eigenvalue weighted by Gasteiger charge is -2.23. The van der Waals surface area contributed by atoms with E-state index < -0.39 is 0 Å². The molecule has 0 spiro atoms. The predicted molar refractivity (Wildman–Crippen MR) is 77.3 cm³/mol. The van der Waals surface area contributed by atoms with Gasteiger partial charge in [-0.2, -0.15) is 0 Å². The zero-order valence-electron chi connectivity index (χ0n) is 11.3. The molecule has 0 aliphatic heterocycles. The summed E-state index contributed by atoms with van der Waals surface area (Å²) in [5.74, 6) is 0.720. The fraction of sp³-hybridized carbons (Fsp3) is 0.429. The van der Waals surface area contributed by atoms with Crippen molar-refractivity contribution in [2.75, 3.05) is 11.9 Å². The molecule has 0 aromatic carbocycles. The fourth-order valence-corrected chi connectivity index (χ4v) is 2.71. The summed E-state index contributed by atoms with van der Waals surface area (Å²) in [6.07, 6.45) is 0. The van der Waals surface area contributed by atoms with Crippen LogP contribution in [0.1, 0.15) is 30.1 Å². The summed E-state index contributed by atoms with van der Waals surface area (Å²) in [5, 5.41) is 5.45. The van der Waals surface area contributed by atoms with E-state index in [1.165, 1.54) is 4.88 Å². The topological polar surface area (TPSA) is 37.8 Å². The number of rotatable bonds is 4. The molecule has 0 aliphatic rings. The zero-order valence-corrected chi connectivity index (χ0v) is 12.1. The number of anilines is 1. The van der Waals surface area contributed by atoms with Crippen LogP contribution in [0.25, 0.3) is 0 Å². The second-order valence-corrected chi connectivity index (χ2v) is 6.14. The second-order valence-electron chi connectivity index (χ2n) is 5.19. The van der Waals surface area contributed by atoms with Crippen molar-refractivity contribution < 1.29 is 0 Å². The number of nitrogens with one attached hydrogen (secondary N) is 1. The Labute approximate surface area is 112 Å². The van der Waals surface area contributed by atoms with Crippen LogP contribution in [-0.4, -0.2) is 16.5 Å². The van der Waals surface area contributed by atoms with E-state index >= 15 is 0 Å². The molecule has 96 valence electrons. The van der Waals surface area contributed by atoms with Gasteiger partial charge >= 0.3 is 0 Å². The van der Waals surface area contributed by atoms with Crippen molar-refractivity contribution in [2.45, 2.75) is 33.1 Å². The molecule has 2 aromatic rings. The molecule has 0 aliphatic carbocycles. The van der Waals surface area contributed by atoms with Gasteiger partial charge in [0.05, 0.1) is 0 Å². The van der Waals surface area contributed by atoms with Crippen molar-refractivity contribution in [3.63, 3.8) is 0 Å². The minimum Gasteiger partial charge on any atom is -0.353 e. The number of hydrogen-bond donors (Lipinski definition) is 1. The van der Waals surface area contributed by atoms with Crippen molar-refractivity contribution in [2.24, 2.45) is 0 Å². The summed E-state index contributed by atoms with van der Waals surface area (Å²) in [5.41, 5.74) is 2.09. The third kappa shape index (κ3) is 3.07. The van der Waals surface area contributed by atoms with Crippen LogP contribution in [0.4, 0.5) is 5.95 Å². The monoisotopic (exact) mass is 261 g/mol. The molecule has 0 radical (unpaired) electrons. The van der Waals surface area contributed by atoms with Crippen LogP contribution in [0.5, 0.6) is 0 Å². The number of aryl methyl sites for hydroxylation is 2. The van der Waals surface area contributed by atoms with Crippen LogP contribution >= 0.6 is 11.3 Å². The Bertz CT molecular complexity index is 498. The van der Waals surface area contributed by atoms with Crippen LogP contribution < -0.4 is 5.32 Å². The number of nitrogens with zero attached hydrogens (tertiary/aromatic N) is 2. The van der Waals surface area contributed by atoms with Crippen molar-refractivity contribution in [1.29, 1.82) is 0 Å². The molecular weight excluding hydrogens is 242 g/mol. The Balaban J connectivity index is 2.07. The summed E-state index contributed by atoms with van der Waals surface area (Å²) in [6, 6.07) is 6.25. The summed E-state index contributed by atoms with van der Waals surface area (Å²) < 4.78 is 0. The molecule has 0 saturated carbocycles. The molecule has 4 heteroatoms. The standard InChI is InChI=1S/C14H19N3S/c1-10-8-11(2)17-13(16-10)15-9-14(3,4)12-6-5-7-18-12/h5-8H,9H2,1-4H3,(H,15,16,17). The molecule has 0 bridgehead atoms. The second kappa shape index (κ2) is 5.06. The van der Waals surface area contributed by atoms with E-state index in [0.29, 0.717) is 0 Å². The molecule has 1 N–H and O–H groups in total. The average Bonchev–Trinajstić information content (AvgIpc) is 2.79. The van der Waals surface area contributed by atoms with Gasteiger partial charge in [0.25, 0.3) is 0 Å². The molecule has 0 fully saturated rings. The van der Waals surface area contributed by atoms with Crippen LogP contribution in [0.2, 0.25) is 0 Å². The van der Waals surface area contributed by atoms with Gasteiger partial charge in [0.1, 0.15) is 0 Å². The Kier molecular flexibility index (Phi) is 3.66. The third-order valence-corrected chi connectivity index (χ3v) is 4.09. The van der Waals surface area contributed by atoms with Crippen molar-refractivity contribution >= 4 is 17.3 Å².